The van der Waals surface area contributed by atoms with Crippen LogP contribution < -0.4 is 10.6 Å². The summed E-state index contributed by atoms with van der Waals surface area (Å²) in [6.45, 7) is 3.94. The van der Waals surface area contributed by atoms with Gasteiger partial charge in [0.1, 0.15) is 5.03 Å². The summed E-state index contributed by atoms with van der Waals surface area (Å²) in [6, 6.07) is 8.05. The van der Waals surface area contributed by atoms with E-state index < -0.39 is 0 Å². The summed E-state index contributed by atoms with van der Waals surface area (Å²) in [5.41, 5.74) is 9.23. The average molecular weight is 316 g/mol. The minimum absolute atomic E-state index is 0.0486. The van der Waals surface area contributed by atoms with Crippen LogP contribution in [0.15, 0.2) is 51.6 Å². The highest BCUT2D eigenvalue weighted by atomic mass is 35.5. The van der Waals surface area contributed by atoms with Crippen molar-refractivity contribution in [2.75, 3.05) is 18.0 Å². The van der Waals surface area contributed by atoms with Gasteiger partial charge in [-0.25, -0.2) is 4.99 Å². The Balaban J connectivity index is 1.87. The molecular formula is C17H18ClN3O. The molecule has 0 unspecified atom stereocenters. The topological polar surface area (TPSA) is 58.7 Å². The van der Waals surface area contributed by atoms with E-state index in [9.17, 15) is 4.79 Å². The smallest absolute Gasteiger partial charge is 0.202 e. The van der Waals surface area contributed by atoms with Crippen LogP contribution in [0.4, 0.5) is 11.4 Å². The number of Topliss-reactive ketones (excluding diaryl/α,β-unsaturated/α-hetero) is 1. The number of benzene rings is 1. The number of nitrogens with two attached hydrogens (primary N) is 1. The highest BCUT2D eigenvalue weighted by Gasteiger charge is 2.21. The predicted octanol–water partition coefficient (Wildman–Crippen LogP) is 3.30. The molecule has 1 aliphatic carbocycles. The Kier molecular flexibility index (Phi) is 4.03. The lowest BCUT2D eigenvalue weighted by Gasteiger charge is -2.17. The molecule has 1 aromatic carbocycles. The molecule has 0 spiro atoms. The van der Waals surface area contributed by atoms with Crippen LogP contribution in [-0.2, 0) is 4.79 Å². The van der Waals surface area contributed by atoms with Crippen molar-refractivity contribution < 1.29 is 4.79 Å². The summed E-state index contributed by atoms with van der Waals surface area (Å²) in [6.07, 6.45) is 4.18. The van der Waals surface area contributed by atoms with E-state index >= 15 is 0 Å². The zero-order chi connectivity index (χ0) is 15.7. The molecule has 2 aliphatic rings. The van der Waals surface area contributed by atoms with Crippen molar-refractivity contribution in [3.63, 3.8) is 0 Å². The van der Waals surface area contributed by atoms with E-state index in [-0.39, 0.29) is 16.5 Å². The van der Waals surface area contributed by atoms with Gasteiger partial charge in [-0.3, -0.25) is 4.79 Å². The first-order valence-corrected chi connectivity index (χ1v) is 7.76. The molecule has 0 radical (unpaired) electrons. The second kappa shape index (κ2) is 5.97. The molecule has 114 valence electrons. The van der Waals surface area contributed by atoms with Crippen LogP contribution in [0.3, 0.4) is 0 Å². The van der Waals surface area contributed by atoms with Crippen LogP contribution in [0.1, 0.15) is 19.8 Å². The minimum atomic E-state index is -0.234. The summed E-state index contributed by atoms with van der Waals surface area (Å²) in [5, 5.41) is 0.0486. The molecule has 0 amide bonds. The molecule has 1 heterocycles. The van der Waals surface area contributed by atoms with Crippen LogP contribution in [-0.4, -0.2) is 24.6 Å². The fourth-order valence-electron chi connectivity index (χ4n) is 2.70. The third-order valence-electron chi connectivity index (χ3n) is 3.99. The first kappa shape index (κ1) is 14.9. The zero-order valence-electron chi connectivity index (χ0n) is 12.5. The van der Waals surface area contributed by atoms with Crippen LogP contribution in [0, 0.1) is 0 Å². The lowest BCUT2D eigenvalue weighted by atomic mass is 10.0. The van der Waals surface area contributed by atoms with Gasteiger partial charge in [0.15, 0.2) is 0 Å². The van der Waals surface area contributed by atoms with Crippen LogP contribution >= 0.6 is 11.6 Å². The number of nitrogens with zero attached hydrogens (tertiary/aromatic N) is 2. The fraction of sp³-hybridized carbons (Fsp3) is 0.294. The fourth-order valence-corrected chi connectivity index (χ4v) is 2.95. The second-order valence-electron chi connectivity index (χ2n) is 5.59. The Morgan fingerprint density at radius 2 is 1.82 bits per heavy atom. The van der Waals surface area contributed by atoms with Gasteiger partial charge in [0, 0.05) is 24.4 Å². The molecular weight excluding hydrogens is 298 g/mol. The van der Waals surface area contributed by atoms with Crippen molar-refractivity contribution in [3.05, 3.63) is 46.6 Å². The van der Waals surface area contributed by atoms with Crippen LogP contribution in [0.25, 0.3) is 0 Å². The number of halogens is 1. The molecule has 4 nitrogen and oxygen atoms in total. The van der Waals surface area contributed by atoms with E-state index in [4.69, 9.17) is 17.3 Å². The van der Waals surface area contributed by atoms with Crippen molar-refractivity contribution in [1.29, 1.82) is 0 Å². The Labute approximate surface area is 135 Å². The Bertz CT molecular complexity index is 695. The van der Waals surface area contributed by atoms with Gasteiger partial charge in [-0.05, 0) is 50.1 Å². The largest absolute Gasteiger partial charge is 0.396 e. The molecule has 0 aromatic heterocycles. The Morgan fingerprint density at radius 3 is 2.45 bits per heavy atom. The van der Waals surface area contributed by atoms with E-state index in [0.717, 1.165) is 18.8 Å². The number of rotatable bonds is 2. The minimum Gasteiger partial charge on any atom is -0.396 e. The number of aliphatic imine (C=N–C) groups is 1. The van der Waals surface area contributed by atoms with Gasteiger partial charge in [-0.15, -0.1) is 0 Å². The molecule has 1 aromatic rings. The lowest BCUT2D eigenvalue weighted by molar-refractivity contribution is -0.111. The number of anilines is 1. The van der Waals surface area contributed by atoms with Crippen molar-refractivity contribution in [3.8, 4) is 0 Å². The lowest BCUT2D eigenvalue weighted by Crippen LogP contribution is -2.20. The molecule has 0 atom stereocenters. The molecule has 2 N–H and O–H groups in total. The summed E-state index contributed by atoms with van der Waals surface area (Å²) in [7, 11) is 0. The highest BCUT2D eigenvalue weighted by Crippen LogP contribution is 2.25. The maximum atomic E-state index is 11.7. The second-order valence-corrected chi connectivity index (χ2v) is 5.97. The number of hydrogen-bond donors (Lipinski definition) is 1. The third kappa shape index (κ3) is 2.79. The first-order chi connectivity index (χ1) is 10.6. The van der Waals surface area contributed by atoms with Gasteiger partial charge in [0.25, 0.3) is 0 Å². The number of hydrogen-bond acceptors (Lipinski definition) is 4. The van der Waals surface area contributed by atoms with Crippen LogP contribution in [0.2, 0.25) is 0 Å². The maximum Gasteiger partial charge on any atom is 0.202 e. The number of carbonyl (C=O) groups excluding carboxylic acids is 1. The van der Waals surface area contributed by atoms with Gasteiger partial charge in [-0.1, -0.05) is 11.6 Å². The van der Waals surface area contributed by atoms with Gasteiger partial charge >= 0.3 is 0 Å². The van der Waals surface area contributed by atoms with Gasteiger partial charge in [0.2, 0.25) is 5.78 Å². The predicted molar refractivity (Wildman–Crippen MR) is 90.8 cm³/mol. The highest BCUT2D eigenvalue weighted by molar-refractivity contribution is 6.49. The molecule has 0 saturated carbocycles. The summed E-state index contributed by atoms with van der Waals surface area (Å²) in [4.78, 5) is 18.6. The average Bonchev–Trinajstić information content (AvgIpc) is 3.05. The van der Waals surface area contributed by atoms with Crippen LogP contribution in [0.5, 0.6) is 0 Å². The zero-order valence-corrected chi connectivity index (χ0v) is 13.2. The molecule has 5 heteroatoms. The van der Waals surface area contributed by atoms with E-state index in [1.807, 2.05) is 12.1 Å². The summed E-state index contributed by atoms with van der Waals surface area (Å²) >= 11 is 5.96. The van der Waals surface area contributed by atoms with Crippen molar-refractivity contribution in [1.82, 2.24) is 0 Å². The summed E-state index contributed by atoms with van der Waals surface area (Å²) < 4.78 is 0. The summed E-state index contributed by atoms with van der Waals surface area (Å²) in [5.74, 6) is -0.234. The normalized spacial score (nSPS) is 20.8. The SMILES string of the molecule is CC1=CC(=Nc2ccc(N3CCCC3)cc2)C(N)=C(Cl)C1=O. The van der Waals surface area contributed by atoms with Crippen molar-refractivity contribution >= 4 is 34.5 Å². The quantitative estimate of drug-likeness (QED) is 0.852. The monoisotopic (exact) mass is 315 g/mol. The first-order valence-electron chi connectivity index (χ1n) is 7.38. The number of allylic oxidation sites excluding steroid dienone is 3. The van der Waals surface area contributed by atoms with Crippen molar-refractivity contribution in [2.24, 2.45) is 10.7 Å². The molecule has 22 heavy (non-hydrogen) atoms. The molecule has 0 bridgehead atoms. The van der Waals surface area contributed by atoms with E-state index in [1.54, 1.807) is 13.0 Å². The standard InChI is InChI=1S/C17H18ClN3O/c1-11-10-14(16(19)15(18)17(11)22)20-12-4-6-13(7-5-12)21-8-2-3-9-21/h4-7,10H,2-3,8-9,19H2,1H3. The van der Waals surface area contributed by atoms with Gasteiger partial charge in [-0.2, -0.15) is 0 Å². The van der Waals surface area contributed by atoms with E-state index in [1.165, 1.54) is 18.5 Å². The molecule has 3 rings (SSSR count). The van der Waals surface area contributed by atoms with Gasteiger partial charge < -0.3 is 10.6 Å². The Morgan fingerprint density at radius 1 is 1.18 bits per heavy atom. The number of carbonyl (C=O) groups is 1. The van der Waals surface area contributed by atoms with E-state index in [2.05, 4.69) is 22.0 Å². The van der Waals surface area contributed by atoms with E-state index in [0.29, 0.717) is 11.3 Å². The number of ketones is 1. The van der Waals surface area contributed by atoms with Crippen molar-refractivity contribution in [2.45, 2.75) is 19.8 Å². The molecule has 1 aliphatic heterocycles. The molecule has 1 saturated heterocycles. The molecule has 1 fully saturated rings. The Hall–Kier alpha value is -2.07. The third-order valence-corrected chi connectivity index (χ3v) is 4.37. The van der Waals surface area contributed by atoms with Gasteiger partial charge in [0.05, 0.1) is 17.1 Å². The maximum absolute atomic E-state index is 11.7.